The van der Waals surface area contributed by atoms with E-state index in [0.717, 1.165) is 88.2 Å². The molecule has 0 aliphatic carbocycles. The zero-order chi connectivity index (χ0) is 28.8. The number of carbonyl (C=O) groups is 2. The molecule has 7 nitrogen and oxygen atoms in total. The van der Waals surface area contributed by atoms with Gasteiger partial charge in [-0.1, -0.05) is 53.4 Å². The molecule has 1 saturated heterocycles. The van der Waals surface area contributed by atoms with Gasteiger partial charge in [0.15, 0.2) is 0 Å². The highest BCUT2D eigenvalue weighted by Crippen LogP contribution is 2.39. The Labute approximate surface area is 242 Å². The van der Waals surface area contributed by atoms with Gasteiger partial charge in [0.05, 0.1) is 11.1 Å². The van der Waals surface area contributed by atoms with Crippen LogP contribution in [0.2, 0.25) is 26.2 Å². The topological polar surface area (TPSA) is 74.3 Å². The molecule has 0 atom stereocenters. The Kier molecular flexibility index (Phi) is 11.9. The van der Waals surface area contributed by atoms with Crippen molar-refractivity contribution < 1.29 is 26.0 Å². The van der Waals surface area contributed by atoms with Gasteiger partial charge in [-0.05, 0) is 99.8 Å². The summed E-state index contributed by atoms with van der Waals surface area (Å²) in [6.45, 7) is 16.6. The van der Waals surface area contributed by atoms with E-state index in [0.29, 0.717) is 11.1 Å². The molecule has 2 aliphatic rings. The number of fused-ring (bicyclic) bond motifs is 1. The quantitative estimate of drug-likeness (QED) is 0.185. The van der Waals surface area contributed by atoms with E-state index in [4.69, 9.17) is 16.5 Å². The van der Waals surface area contributed by atoms with Gasteiger partial charge >= 0.3 is 36.6 Å². The average Bonchev–Trinajstić information content (AvgIpc) is 3.11. The monoisotopic (exact) mass is 606 g/mol. The van der Waals surface area contributed by atoms with Gasteiger partial charge in [-0.3, -0.25) is 14.2 Å². The van der Waals surface area contributed by atoms with Crippen LogP contribution in [0.25, 0.3) is 0 Å². The van der Waals surface area contributed by atoms with Gasteiger partial charge in [0.1, 0.15) is 0 Å². The van der Waals surface area contributed by atoms with Gasteiger partial charge < -0.3 is 16.5 Å². The van der Waals surface area contributed by atoms with E-state index in [1.54, 1.807) is 0 Å². The number of benzene rings is 1. The van der Waals surface area contributed by atoms with Crippen molar-refractivity contribution in [2.75, 3.05) is 0 Å². The minimum absolute atomic E-state index is 0.251. The van der Waals surface area contributed by atoms with Gasteiger partial charge in [-0.2, -0.15) is 0 Å². The molecule has 0 saturated carbocycles. The van der Waals surface area contributed by atoms with Gasteiger partial charge in [0.2, 0.25) is 0 Å². The third kappa shape index (κ3) is 7.67. The van der Waals surface area contributed by atoms with Gasteiger partial charge in [-0.25, -0.2) is 0 Å². The molecule has 0 aromatic heterocycles. The van der Waals surface area contributed by atoms with Crippen molar-refractivity contribution in [2.45, 2.75) is 131 Å². The summed E-state index contributed by atoms with van der Waals surface area (Å²) < 4.78 is 26.2. The van der Waals surface area contributed by atoms with Crippen LogP contribution in [0.1, 0.15) is 122 Å². The largest absolute Gasteiger partial charge is 0.519 e. The molecule has 0 spiro atoms. The fourth-order valence-electron chi connectivity index (χ4n) is 5.60. The summed E-state index contributed by atoms with van der Waals surface area (Å²) in [6, 6.07) is 0. The normalized spacial score (nSPS) is 19.3. The summed E-state index contributed by atoms with van der Waals surface area (Å²) >= 11 is 0. The van der Waals surface area contributed by atoms with Crippen molar-refractivity contribution >= 4 is 48.4 Å². The second-order valence-corrected chi connectivity index (χ2v) is 21.6. The Hall–Kier alpha value is -0.932. The first kappa shape index (κ1) is 32.6. The van der Waals surface area contributed by atoms with Crippen molar-refractivity contribution in [3.8, 4) is 0 Å². The summed E-state index contributed by atoms with van der Waals surface area (Å²) in [6.07, 6.45) is 11.9. The molecule has 2 aliphatic heterocycles. The van der Waals surface area contributed by atoms with Crippen molar-refractivity contribution in [2.24, 2.45) is 0 Å². The number of unbranched alkanes of at least 4 members (excludes halogenated alkanes) is 4. The summed E-state index contributed by atoms with van der Waals surface area (Å²) in [5, 5.41) is 0. The first-order chi connectivity index (χ1) is 18.5. The maximum atomic E-state index is 14.3. The third-order valence-corrected chi connectivity index (χ3v) is 18.0. The molecule has 3 rings (SSSR count). The Balaban J connectivity index is 2.20. The second kappa shape index (κ2) is 14.3. The molecule has 11 heteroatoms. The number of carbonyl (C=O) groups excluding carboxylic acids is 2. The lowest BCUT2D eigenvalue weighted by Gasteiger charge is -2.38. The van der Waals surface area contributed by atoms with Gasteiger partial charge in [-0.15, -0.1) is 0 Å². The van der Waals surface area contributed by atoms with Crippen LogP contribution in [-0.4, -0.2) is 53.0 Å². The van der Waals surface area contributed by atoms with Crippen molar-refractivity contribution in [3.63, 3.8) is 0 Å². The molecule has 0 bridgehead atoms. The smallest absolute Gasteiger partial charge is 0.416 e. The fraction of sp³-hybridized carbons (Fsp3) is 0.714. The molecule has 3 radical (unpaired) electrons. The molecule has 39 heavy (non-hydrogen) atoms. The van der Waals surface area contributed by atoms with Crippen molar-refractivity contribution in [3.05, 3.63) is 33.4 Å². The van der Waals surface area contributed by atoms with Crippen molar-refractivity contribution in [1.82, 2.24) is 4.57 Å². The van der Waals surface area contributed by atoms with Gasteiger partial charge in [0, 0.05) is 0 Å². The highest BCUT2D eigenvalue weighted by Gasteiger charge is 2.52. The van der Waals surface area contributed by atoms with E-state index in [1.807, 2.05) is 26.2 Å². The minimum Gasteiger partial charge on any atom is -0.416 e. The fourth-order valence-corrected chi connectivity index (χ4v) is 16.6. The van der Waals surface area contributed by atoms with Crippen LogP contribution in [0.4, 0.5) is 0 Å². The summed E-state index contributed by atoms with van der Waals surface area (Å²) in [5.74, 6) is -0.501. The zero-order valence-corrected chi connectivity index (χ0v) is 29.4. The molecular weight excluding hydrogens is 559 g/mol. The Morgan fingerprint density at radius 3 is 1.49 bits per heavy atom. The zero-order valence-electron chi connectivity index (χ0n) is 25.4. The summed E-state index contributed by atoms with van der Waals surface area (Å²) in [4.78, 5) is 28.6. The van der Waals surface area contributed by atoms with Gasteiger partial charge in [0.25, 0.3) is 11.8 Å². The van der Waals surface area contributed by atoms with E-state index in [-0.39, 0.29) is 21.8 Å². The first-order valence-corrected chi connectivity index (χ1v) is 22.7. The van der Waals surface area contributed by atoms with Crippen LogP contribution in [0.3, 0.4) is 0 Å². The molecule has 217 valence electrons. The SMILES string of the molecule is CCCCc1c(CCCC)c(CCCC)c2c(c1CCCC)C(=O)N([Si]1O[Si]O[Si](C)(C)O[Si](C)(C)O1)C2=O. The number of rotatable bonds is 13. The molecule has 1 aromatic rings. The molecule has 2 amide bonds. The lowest BCUT2D eigenvalue weighted by atomic mass is 9.80. The molecule has 1 aromatic carbocycles. The predicted octanol–water partition coefficient (Wildman–Crippen LogP) is 6.66. The molecular formula is C28H48NO6Si4. The molecule has 2 heterocycles. The third-order valence-electron chi connectivity index (χ3n) is 7.33. The summed E-state index contributed by atoms with van der Waals surface area (Å²) in [7, 11) is -7.91. The Bertz CT molecular complexity index is 973. The predicted molar refractivity (Wildman–Crippen MR) is 162 cm³/mol. The van der Waals surface area contributed by atoms with Crippen LogP contribution in [0.15, 0.2) is 0 Å². The van der Waals surface area contributed by atoms with Crippen LogP contribution < -0.4 is 0 Å². The van der Waals surface area contributed by atoms with E-state index in [9.17, 15) is 9.59 Å². The first-order valence-electron chi connectivity index (χ1n) is 15.0. The van der Waals surface area contributed by atoms with E-state index < -0.39 is 26.6 Å². The minimum atomic E-state index is -2.71. The van der Waals surface area contributed by atoms with Crippen LogP contribution in [0, 0.1) is 0 Å². The van der Waals surface area contributed by atoms with Crippen molar-refractivity contribution in [1.29, 1.82) is 0 Å². The number of nitrogens with zero attached hydrogens (tertiary/aromatic N) is 1. The number of hydrogen-bond donors (Lipinski definition) is 0. The van der Waals surface area contributed by atoms with E-state index in [1.165, 1.54) is 15.7 Å². The lowest BCUT2D eigenvalue weighted by Crippen LogP contribution is -2.60. The van der Waals surface area contributed by atoms with Crippen LogP contribution in [-0.2, 0) is 42.1 Å². The second-order valence-electron chi connectivity index (χ2n) is 11.6. The number of hydrogen-bond acceptors (Lipinski definition) is 6. The highest BCUT2D eigenvalue weighted by molar-refractivity contribution is 6.84. The highest BCUT2D eigenvalue weighted by atomic mass is 28.5. The standard InChI is InChI=1S/C28H48NO6Si4/c1-9-13-17-21-22(18-14-10-2)24(20-16-12-4)26-25(23(21)19-15-11-3)27(30)29(28(26)31)37-32-36-33-38(5,6)35-39(7,8)34-37/h9-20H2,1-8H3. The van der Waals surface area contributed by atoms with E-state index >= 15 is 0 Å². The molecule has 1 fully saturated rings. The Morgan fingerprint density at radius 2 is 1.08 bits per heavy atom. The number of imide groups is 1. The lowest BCUT2D eigenvalue weighted by molar-refractivity contribution is 0.0714. The Morgan fingerprint density at radius 1 is 0.667 bits per heavy atom. The maximum Gasteiger partial charge on any atom is 0.519 e. The summed E-state index contributed by atoms with van der Waals surface area (Å²) in [5.41, 5.74) is 6.11. The average molecular weight is 607 g/mol. The van der Waals surface area contributed by atoms with Crippen LogP contribution in [0.5, 0.6) is 0 Å². The molecule has 0 unspecified atom stereocenters. The van der Waals surface area contributed by atoms with Crippen LogP contribution >= 0.6 is 0 Å². The number of amides is 2. The van der Waals surface area contributed by atoms with E-state index in [2.05, 4.69) is 27.7 Å². The molecule has 0 N–H and O–H groups in total. The maximum absolute atomic E-state index is 14.3.